The van der Waals surface area contributed by atoms with Crippen LogP contribution in [0.15, 0.2) is 35.5 Å². The first-order chi connectivity index (χ1) is 4.18. The van der Waals surface area contributed by atoms with Crippen LogP contribution in [0.4, 0.5) is 0 Å². The molecule has 0 aromatic carbocycles. The zero-order chi connectivity index (χ0) is 6.85. The van der Waals surface area contributed by atoms with Crippen molar-refractivity contribution in [3.05, 3.63) is 35.5 Å². The van der Waals surface area contributed by atoms with Crippen molar-refractivity contribution in [3.8, 4) is 0 Å². The van der Waals surface area contributed by atoms with E-state index in [1.165, 1.54) is 11.1 Å². The van der Waals surface area contributed by atoms with Crippen LogP contribution < -0.4 is 0 Å². The Morgan fingerprint density at radius 1 is 1.20 bits per heavy atom. The van der Waals surface area contributed by atoms with E-state index in [1.807, 2.05) is 0 Å². The largest absolute Gasteiger partial charge is 0.0918 e. The quantitative estimate of drug-likeness (QED) is 0.478. The van der Waals surface area contributed by atoms with Gasteiger partial charge in [0.15, 0.2) is 0 Å². The van der Waals surface area contributed by atoms with Gasteiger partial charge in [0.1, 0.15) is 0 Å². The highest BCUT2D eigenvalue weighted by Crippen LogP contribution is 2.19. The Morgan fingerprint density at radius 2 is 1.60 bits per heavy atom. The molecular weight excluding hydrogens is 120 g/mol. The summed E-state index contributed by atoms with van der Waals surface area (Å²) in [4.78, 5) is 0. The third-order valence-corrected chi connectivity index (χ3v) is 1.42. The molecule has 0 aromatic heterocycles. The van der Waals surface area contributed by atoms with Crippen LogP contribution in [0.2, 0.25) is 0 Å². The average Bonchev–Trinajstić information content (AvgIpc) is 1.59. The Bertz CT molecular complexity index is 172. The van der Waals surface area contributed by atoms with Crippen molar-refractivity contribution in [2.75, 3.05) is 0 Å². The predicted octanol–water partition coefficient (Wildman–Crippen LogP) is 3.48. The van der Waals surface area contributed by atoms with E-state index in [0.29, 0.717) is 0 Å². The fourth-order valence-corrected chi connectivity index (χ4v) is 1.22. The highest BCUT2D eigenvalue weighted by Gasteiger charge is 1.99. The second-order valence-electron chi connectivity index (χ2n) is 2.73. The molecule has 56 valence electrons. The van der Waals surface area contributed by atoms with Crippen LogP contribution in [0.1, 0.15) is 27.7 Å². The molecule has 0 bridgehead atoms. The smallest absolute Gasteiger partial charge is 0.0107 e. The maximum Gasteiger partial charge on any atom is -0.0107 e. The monoisotopic (exact) mass is 136 g/mol. The van der Waals surface area contributed by atoms with Gasteiger partial charge in [0.25, 0.3) is 0 Å². The van der Waals surface area contributed by atoms with Crippen molar-refractivity contribution in [3.63, 3.8) is 0 Å². The van der Waals surface area contributed by atoms with E-state index >= 15 is 0 Å². The molecule has 0 nitrogen and oxygen atoms in total. The van der Waals surface area contributed by atoms with Gasteiger partial charge < -0.3 is 0 Å². The summed E-state index contributed by atoms with van der Waals surface area (Å²) in [6.45, 7) is 8.14. The summed E-state index contributed by atoms with van der Waals surface area (Å²) in [5.74, 6) is 0. The molecule has 0 N–H and O–H groups in total. The van der Waals surface area contributed by atoms with E-state index in [1.54, 1.807) is 0 Å². The fourth-order valence-electron chi connectivity index (χ4n) is 1.22. The van der Waals surface area contributed by atoms with Crippen LogP contribution in [0.3, 0.4) is 0 Å². The summed E-state index contributed by atoms with van der Waals surface area (Å²) >= 11 is 0. The molecule has 0 heteroatoms. The first-order valence-electron chi connectivity index (χ1n) is 3.22. The summed E-state index contributed by atoms with van der Waals surface area (Å²) in [7, 11) is 0. The minimum atomic E-state index is 0. The van der Waals surface area contributed by atoms with Crippen molar-refractivity contribution in [2.24, 2.45) is 0 Å². The SMILES string of the molecule is C.C=C1C=C(C)CC(C)=C1. The predicted molar refractivity (Wildman–Crippen MR) is 48.0 cm³/mol. The number of hydrogen-bond acceptors (Lipinski definition) is 0. The molecule has 0 saturated heterocycles. The Morgan fingerprint density at radius 3 is 1.90 bits per heavy atom. The minimum Gasteiger partial charge on any atom is -0.0918 e. The van der Waals surface area contributed by atoms with Crippen LogP contribution in [0.25, 0.3) is 0 Å². The zero-order valence-electron chi connectivity index (χ0n) is 6.07. The second-order valence-corrected chi connectivity index (χ2v) is 2.73. The third-order valence-electron chi connectivity index (χ3n) is 1.42. The van der Waals surface area contributed by atoms with E-state index in [4.69, 9.17) is 0 Å². The lowest BCUT2D eigenvalue weighted by Gasteiger charge is -2.08. The second kappa shape index (κ2) is 3.40. The number of hydrogen-bond donors (Lipinski definition) is 0. The number of allylic oxidation sites excluding steroid dienone is 5. The standard InChI is InChI=1S/C9H12.CH4/c1-7-4-8(2)6-9(3)5-7;/h4-5H,1,6H2,2-3H3;1H4. The summed E-state index contributed by atoms with van der Waals surface area (Å²) in [6, 6.07) is 0. The normalized spacial score (nSPS) is 17.2. The van der Waals surface area contributed by atoms with E-state index in [0.717, 1.165) is 12.0 Å². The molecule has 0 atom stereocenters. The van der Waals surface area contributed by atoms with Gasteiger partial charge in [-0.3, -0.25) is 0 Å². The molecule has 0 aliphatic heterocycles. The van der Waals surface area contributed by atoms with Crippen LogP contribution in [-0.4, -0.2) is 0 Å². The zero-order valence-corrected chi connectivity index (χ0v) is 6.07. The summed E-state index contributed by atoms with van der Waals surface area (Å²) in [5.41, 5.74) is 3.97. The lowest BCUT2D eigenvalue weighted by molar-refractivity contribution is 1.08. The summed E-state index contributed by atoms with van der Waals surface area (Å²) < 4.78 is 0. The lowest BCUT2D eigenvalue weighted by atomic mass is 9.98. The summed E-state index contributed by atoms with van der Waals surface area (Å²) in [5, 5.41) is 0. The van der Waals surface area contributed by atoms with Crippen LogP contribution in [0, 0.1) is 0 Å². The van der Waals surface area contributed by atoms with E-state index in [-0.39, 0.29) is 7.43 Å². The van der Waals surface area contributed by atoms with Gasteiger partial charge in [0, 0.05) is 0 Å². The Labute approximate surface area is 64.0 Å². The Kier molecular flexibility index (Phi) is 3.14. The van der Waals surface area contributed by atoms with E-state index in [9.17, 15) is 0 Å². The Hall–Kier alpha value is -0.780. The molecule has 0 aromatic rings. The van der Waals surface area contributed by atoms with Gasteiger partial charge >= 0.3 is 0 Å². The molecule has 10 heavy (non-hydrogen) atoms. The molecule has 1 rings (SSSR count). The van der Waals surface area contributed by atoms with Crippen molar-refractivity contribution in [1.82, 2.24) is 0 Å². The fraction of sp³-hybridized carbons (Fsp3) is 0.400. The summed E-state index contributed by atoms with van der Waals surface area (Å²) in [6.07, 6.45) is 5.39. The molecule has 0 radical (unpaired) electrons. The molecule has 0 fully saturated rings. The maximum atomic E-state index is 3.86. The van der Waals surface area contributed by atoms with Crippen molar-refractivity contribution in [2.45, 2.75) is 27.7 Å². The highest BCUT2D eigenvalue weighted by molar-refractivity contribution is 5.38. The van der Waals surface area contributed by atoms with Crippen molar-refractivity contribution < 1.29 is 0 Å². The lowest BCUT2D eigenvalue weighted by Crippen LogP contribution is -1.88. The van der Waals surface area contributed by atoms with E-state index < -0.39 is 0 Å². The first kappa shape index (κ1) is 9.22. The highest BCUT2D eigenvalue weighted by atomic mass is 14.0. The van der Waals surface area contributed by atoms with Gasteiger partial charge in [0.2, 0.25) is 0 Å². The van der Waals surface area contributed by atoms with Gasteiger partial charge in [0.05, 0.1) is 0 Å². The molecule has 0 saturated carbocycles. The van der Waals surface area contributed by atoms with Crippen molar-refractivity contribution >= 4 is 0 Å². The van der Waals surface area contributed by atoms with Gasteiger partial charge in [-0.25, -0.2) is 0 Å². The van der Waals surface area contributed by atoms with Crippen LogP contribution >= 0.6 is 0 Å². The van der Waals surface area contributed by atoms with E-state index in [2.05, 4.69) is 32.6 Å². The van der Waals surface area contributed by atoms with Crippen molar-refractivity contribution in [1.29, 1.82) is 0 Å². The molecule has 0 spiro atoms. The number of rotatable bonds is 0. The van der Waals surface area contributed by atoms with Gasteiger partial charge in [-0.1, -0.05) is 37.3 Å². The molecule has 0 heterocycles. The Balaban J connectivity index is 0.000000810. The van der Waals surface area contributed by atoms with Gasteiger partial charge in [-0.05, 0) is 25.8 Å². The molecular formula is C10H16. The third kappa shape index (κ3) is 2.22. The van der Waals surface area contributed by atoms with Crippen LogP contribution in [0.5, 0.6) is 0 Å². The maximum absolute atomic E-state index is 3.86. The molecule has 1 aliphatic rings. The topological polar surface area (TPSA) is 0 Å². The van der Waals surface area contributed by atoms with Crippen LogP contribution in [-0.2, 0) is 0 Å². The molecule has 0 amide bonds. The van der Waals surface area contributed by atoms with Gasteiger partial charge in [-0.2, -0.15) is 0 Å². The van der Waals surface area contributed by atoms with Gasteiger partial charge in [-0.15, -0.1) is 0 Å². The minimum absolute atomic E-state index is 0. The average molecular weight is 136 g/mol. The molecule has 1 aliphatic carbocycles. The first-order valence-corrected chi connectivity index (χ1v) is 3.22. The molecule has 0 unspecified atom stereocenters.